The van der Waals surface area contributed by atoms with E-state index in [9.17, 15) is 18.0 Å². The Morgan fingerprint density at radius 3 is 2.38 bits per heavy atom. The molecular formula is C25H34N2O6S. The molecule has 8 nitrogen and oxygen atoms in total. The topological polar surface area (TPSA) is 94.9 Å². The summed E-state index contributed by atoms with van der Waals surface area (Å²) in [6.07, 6.45) is 3.68. The van der Waals surface area contributed by atoms with Crippen LogP contribution in [0.4, 0.5) is 0 Å². The highest BCUT2D eigenvalue weighted by molar-refractivity contribution is 7.89. The van der Waals surface area contributed by atoms with Gasteiger partial charge in [-0.05, 0) is 57.9 Å². The number of hydrogen-bond acceptors (Lipinski definition) is 6. The Labute approximate surface area is 201 Å². The zero-order valence-electron chi connectivity index (χ0n) is 20.4. The lowest BCUT2D eigenvalue weighted by atomic mass is 10.1. The molecule has 1 aromatic carbocycles. The Kier molecular flexibility index (Phi) is 8.67. The highest BCUT2D eigenvalue weighted by atomic mass is 32.2. The fraction of sp³-hybridized carbons (Fsp3) is 0.520. The lowest BCUT2D eigenvalue weighted by molar-refractivity contribution is 0.0474. The van der Waals surface area contributed by atoms with Gasteiger partial charge < -0.3 is 14.0 Å². The van der Waals surface area contributed by atoms with Crippen LogP contribution in [0.15, 0.2) is 35.2 Å². The van der Waals surface area contributed by atoms with Gasteiger partial charge in [0, 0.05) is 37.2 Å². The quantitative estimate of drug-likeness (QED) is 0.391. The van der Waals surface area contributed by atoms with E-state index >= 15 is 0 Å². The second-order valence-corrected chi connectivity index (χ2v) is 10.7. The molecule has 1 atom stereocenters. The first-order valence-electron chi connectivity index (χ1n) is 11.6. The molecule has 2 aromatic rings. The van der Waals surface area contributed by atoms with Crippen molar-refractivity contribution in [3.05, 3.63) is 52.8 Å². The van der Waals surface area contributed by atoms with E-state index in [1.54, 1.807) is 13.2 Å². The molecule has 0 saturated carbocycles. The normalized spacial score (nSPS) is 16.1. The Morgan fingerprint density at radius 1 is 1.06 bits per heavy atom. The Bertz CT molecular complexity index is 1130. The molecule has 186 valence electrons. The van der Waals surface area contributed by atoms with Crippen LogP contribution in [-0.2, 0) is 19.5 Å². The second kappa shape index (κ2) is 11.3. The molecule has 1 unspecified atom stereocenters. The number of methoxy groups -OCH3 is 1. The number of aryl methyl sites for hydroxylation is 1. The summed E-state index contributed by atoms with van der Waals surface area (Å²) in [6.45, 7) is 6.81. The number of rotatable bonds is 9. The number of Topliss-reactive ketones (excluding diaryl/α,β-unsaturated/α-hetero) is 1. The fourth-order valence-corrected chi connectivity index (χ4v) is 6.12. The van der Waals surface area contributed by atoms with E-state index in [0.29, 0.717) is 25.3 Å². The van der Waals surface area contributed by atoms with E-state index < -0.39 is 22.6 Å². The van der Waals surface area contributed by atoms with Crippen molar-refractivity contribution in [1.82, 2.24) is 8.87 Å². The van der Waals surface area contributed by atoms with Crippen LogP contribution in [0.1, 0.15) is 70.8 Å². The number of carbonyl (C=O) groups is 2. The molecule has 1 aromatic heterocycles. The third-order valence-corrected chi connectivity index (χ3v) is 8.13. The molecule has 9 heteroatoms. The number of hydrogen-bond donors (Lipinski definition) is 0. The predicted molar refractivity (Wildman–Crippen MR) is 129 cm³/mol. The van der Waals surface area contributed by atoms with Gasteiger partial charge in [0.1, 0.15) is 0 Å². The molecule has 1 aliphatic rings. The SMILES string of the molecule is COCC(C)n1c(C)cc(C(=O)COC(=O)c2cccc(S(=O)(=O)N3CCCCCC3)c2)c1C. The number of esters is 1. The van der Waals surface area contributed by atoms with Crippen LogP contribution in [0, 0.1) is 13.8 Å². The minimum Gasteiger partial charge on any atom is -0.454 e. The molecule has 0 spiro atoms. The van der Waals surface area contributed by atoms with Crippen LogP contribution < -0.4 is 0 Å². The average Bonchev–Trinajstić information content (AvgIpc) is 2.98. The van der Waals surface area contributed by atoms with Crippen LogP contribution in [0.2, 0.25) is 0 Å². The van der Waals surface area contributed by atoms with E-state index in [0.717, 1.165) is 37.1 Å². The maximum absolute atomic E-state index is 13.0. The number of sulfonamides is 1. The molecular weight excluding hydrogens is 456 g/mol. The Hall–Kier alpha value is -2.49. The van der Waals surface area contributed by atoms with Crippen LogP contribution in [-0.4, -0.2) is 62.5 Å². The maximum atomic E-state index is 13.0. The van der Waals surface area contributed by atoms with Crippen molar-refractivity contribution in [1.29, 1.82) is 0 Å². The number of nitrogens with zero attached hydrogens (tertiary/aromatic N) is 2. The molecule has 1 fully saturated rings. The maximum Gasteiger partial charge on any atom is 0.338 e. The van der Waals surface area contributed by atoms with Crippen molar-refractivity contribution in [2.24, 2.45) is 0 Å². The number of carbonyl (C=O) groups excluding carboxylic acids is 2. The number of benzene rings is 1. The molecule has 0 radical (unpaired) electrons. The molecule has 1 saturated heterocycles. The van der Waals surface area contributed by atoms with Gasteiger partial charge in [0.25, 0.3) is 0 Å². The summed E-state index contributed by atoms with van der Waals surface area (Å²) in [6, 6.07) is 7.67. The predicted octanol–water partition coefficient (Wildman–Crippen LogP) is 3.92. The molecule has 0 amide bonds. The zero-order chi connectivity index (χ0) is 24.9. The molecule has 34 heavy (non-hydrogen) atoms. The third kappa shape index (κ3) is 5.76. The highest BCUT2D eigenvalue weighted by Crippen LogP contribution is 2.23. The van der Waals surface area contributed by atoms with E-state index in [1.165, 1.54) is 28.6 Å². The van der Waals surface area contributed by atoms with Crippen molar-refractivity contribution in [2.45, 2.75) is 57.4 Å². The van der Waals surface area contributed by atoms with E-state index in [4.69, 9.17) is 9.47 Å². The molecule has 1 aliphatic heterocycles. The number of ketones is 1. The Morgan fingerprint density at radius 2 is 1.74 bits per heavy atom. The zero-order valence-corrected chi connectivity index (χ0v) is 21.2. The van der Waals surface area contributed by atoms with Gasteiger partial charge in [-0.15, -0.1) is 0 Å². The summed E-state index contributed by atoms with van der Waals surface area (Å²) in [5.74, 6) is -1.05. The first kappa shape index (κ1) is 26.1. The van der Waals surface area contributed by atoms with E-state index in [1.807, 2.05) is 25.3 Å². The minimum absolute atomic E-state index is 0.0583. The van der Waals surface area contributed by atoms with Crippen molar-refractivity contribution in [2.75, 3.05) is 33.4 Å². The highest BCUT2D eigenvalue weighted by Gasteiger charge is 2.26. The summed E-state index contributed by atoms with van der Waals surface area (Å²) in [5.41, 5.74) is 2.30. The smallest absolute Gasteiger partial charge is 0.338 e. The van der Waals surface area contributed by atoms with Crippen LogP contribution in [0.3, 0.4) is 0 Å². The minimum atomic E-state index is -3.69. The van der Waals surface area contributed by atoms with Gasteiger partial charge in [-0.3, -0.25) is 4.79 Å². The van der Waals surface area contributed by atoms with Crippen molar-refractivity contribution < 1.29 is 27.5 Å². The first-order valence-corrected chi connectivity index (χ1v) is 13.1. The average molecular weight is 491 g/mol. The van der Waals surface area contributed by atoms with Gasteiger partial charge in [0.2, 0.25) is 15.8 Å². The fourth-order valence-electron chi connectivity index (χ4n) is 4.56. The van der Waals surface area contributed by atoms with Gasteiger partial charge >= 0.3 is 5.97 Å². The number of ether oxygens (including phenoxy) is 2. The van der Waals surface area contributed by atoms with Gasteiger partial charge in [-0.1, -0.05) is 18.9 Å². The summed E-state index contributed by atoms with van der Waals surface area (Å²) in [4.78, 5) is 25.5. The lowest BCUT2D eigenvalue weighted by Crippen LogP contribution is -2.32. The Balaban J connectivity index is 1.70. The largest absolute Gasteiger partial charge is 0.454 e. The number of aromatic nitrogens is 1. The van der Waals surface area contributed by atoms with Gasteiger partial charge in [-0.2, -0.15) is 4.31 Å². The van der Waals surface area contributed by atoms with E-state index in [-0.39, 0.29) is 22.3 Å². The standard InChI is InChI=1S/C25H34N2O6S/c1-18-14-23(20(3)27(18)19(2)16-32-4)24(28)17-33-25(29)21-10-9-11-22(15-21)34(30,31)26-12-7-5-6-8-13-26/h9-11,14-15,19H,5-8,12-13,16-17H2,1-4H3. The summed E-state index contributed by atoms with van der Waals surface area (Å²) >= 11 is 0. The second-order valence-electron chi connectivity index (χ2n) is 8.80. The monoisotopic (exact) mass is 490 g/mol. The summed E-state index contributed by atoms with van der Waals surface area (Å²) < 4.78 is 40.1. The molecule has 0 bridgehead atoms. The van der Waals surface area contributed by atoms with Crippen LogP contribution >= 0.6 is 0 Å². The van der Waals surface area contributed by atoms with Gasteiger partial charge in [0.15, 0.2) is 6.61 Å². The van der Waals surface area contributed by atoms with Crippen LogP contribution in [0.5, 0.6) is 0 Å². The summed E-state index contributed by atoms with van der Waals surface area (Å²) in [7, 11) is -2.06. The van der Waals surface area contributed by atoms with E-state index in [2.05, 4.69) is 0 Å². The van der Waals surface area contributed by atoms with Crippen molar-refractivity contribution >= 4 is 21.8 Å². The first-order chi connectivity index (χ1) is 16.2. The molecule has 0 aliphatic carbocycles. The van der Waals surface area contributed by atoms with Gasteiger partial charge in [0.05, 0.1) is 23.1 Å². The summed E-state index contributed by atoms with van der Waals surface area (Å²) in [5, 5.41) is 0. The van der Waals surface area contributed by atoms with Crippen molar-refractivity contribution in [3.63, 3.8) is 0 Å². The van der Waals surface area contributed by atoms with Crippen molar-refractivity contribution in [3.8, 4) is 0 Å². The third-order valence-electron chi connectivity index (χ3n) is 6.24. The van der Waals surface area contributed by atoms with Crippen LogP contribution in [0.25, 0.3) is 0 Å². The molecule has 2 heterocycles. The molecule has 3 rings (SSSR count). The lowest BCUT2D eigenvalue weighted by Gasteiger charge is -2.20. The van der Waals surface area contributed by atoms with Gasteiger partial charge in [-0.25, -0.2) is 13.2 Å². The molecule has 0 N–H and O–H groups in total.